The standard InChI is InChI=1S/C16H24ClNO2/c1-4-5-8-18(3)14(11-16(19)20)10-13-6-7-15(17)12(2)9-13/h6-7,9,14H,4-5,8,10-11H2,1-3H3,(H,19,20). The van der Waals surface area contributed by atoms with Gasteiger partial charge in [0.1, 0.15) is 0 Å². The fraction of sp³-hybridized carbons (Fsp3) is 0.562. The molecule has 3 nitrogen and oxygen atoms in total. The Hall–Kier alpha value is -1.06. The normalized spacial score (nSPS) is 12.7. The molecule has 112 valence electrons. The first-order chi connectivity index (χ1) is 9.43. The molecule has 0 saturated carbocycles. The Morgan fingerprint density at radius 1 is 1.45 bits per heavy atom. The summed E-state index contributed by atoms with van der Waals surface area (Å²) >= 11 is 6.03. The Labute approximate surface area is 126 Å². The molecular formula is C16H24ClNO2. The highest BCUT2D eigenvalue weighted by atomic mass is 35.5. The molecular weight excluding hydrogens is 274 g/mol. The van der Waals surface area contributed by atoms with E-state index < -0.39 is 5.97 Å². The molecule has 1 N–H and O–H groups in total. The van der Waals surface area contributed by atoms with Gasteiger partial charge < -0.3 is 10.0 Å². The van der Waals surface area contributed by atoms with Crippen LogP contribution in [0.1, 0.15) is 37.3 Å². The monoisotopic (exact) mass is 297 g/mol. The number of hydrogen-bond donors (Lipinski definition) is 1. The minimum Gasteiger partial charge on any atom is -0.481 e. The van der Waals surface area contributed by atoms with Crippen molar-refractivity contribution in [2.24, 2.45) is 0 Å². The quantitative estimate of drug-likeness (QED) is 0.794. The maximum Gasteiger partial charge on any atom is 0.304 e. The second-order valence-corrected chi connectivity index (χ2v) is 5.78. The minimum atomic E-state index is -0.746. The minimum absolute atomic E-state index is 0.0274. The van der Waals surface area contributed by atoms with Crippen LogP contribution in [0.4, 0.5) is 0 Å². The molecule has 0 amide bonds. The molecule has 1 atom stereocenters. The van der Waals surface area contributed by atoms with E-state index in [9.17, 15) is 4.79 Å². The predicted octanol–water partition coefficient (Wildman–Crippen LogP) is 3.77. The molecule has 0 radical (unpaired) electrons. The second kappa shape index (κ2) is 8.28. The number of carboxylic acid groups (broad SMARTS) is 1. The fourth-order valence-corrected chi connectivity index (χ4v) is 2.40. The van der Waals surface area contributed by atoms with Crippen LogP contribution in [0.15, 0.2) is 18.2 Å². The number of aliphatic carboxylic acids is 1. The van der Waals surface area contributed by atoms with E-state index in [4.69, 9.17) is 16.7 Å². The molecule has 0 bridgehead atoms. The Morgan fingerprint density at radius 2 is 2.15 bits per heavy atom. The Bertz CT molecular complexity index is 448. The summed E-state index contributed by atoms with van der Waals surface area (Å²) in [4.78, 5) is 13.2. The smallest absolute Gasteiger partial charge is 0.304 e. The van der Waals surface area contributed by atoms with E-state index in [2.05, 4.69) is 11.8 Å². The first-order valence-electron chi connectivity index (χ1n) is 7.11. The summed E-state index contributed by atoms with van der Waals surface area (Å²) < 4.78 is 0. The van der Waals surface area contributed by atoms with Crippen LogP contribution >= 0.6 is 11.6 Å². The van der Waals surface area contributed by atoms with E-state index in [0.29, 0.717) is 0 Å². The van der Waals surface area contributed by atoms with Crippen LogP contribution in [-0.2, 0) is 11.2 Å². The lowest BCUT2D eigenvalue weighted by Crippen LogP contribution is -2.36. The lowest BCUT2D eigenvalue weighted by molar-refractivity contribution is -0.138. The molecule has 0 aliphatic rings. The van der Waals surface area contributed by atoms with Gasteiger partial charge in [0, 0.05) is 11.1 Å². The third kappa shape index (κ3) is 5.51. The fourth-order valence-electron chi connectivity index (χ4n) is 2.28. The van der Waals surface area contributed by atoms with Crippen LogP contribution in [0.5, 0.6) is 0 Å². The van der Waals surface area contributed by atoms with E-state index in [1.165, 1.54) is 0 Å². The highest BCUT2D eigenvalue weighted by Gasteiger charge is 2.18. The number of halogens is 1. The first kappa shape index (κ1) is 17.0. The van der Waals surface area contributed by atoms with Crippen molar-refractivity contribution in [3.8, 4) is 0 Å². The van der Waals surface area contributed by atoms with Crippen molar-refractivity contribution in [3.05, 3.63) is 34.3 Å². The molecule has 20 heavy (non-hydrogen) atoms. The number of likely N-dealkylation sites (N-methyl/N-ethyl adjacent to an activating group) is 1. The van der Waals surface area contributed by atoms with E-state index in [1.807, 2.05) is 32.2 Å². The van der Waals surface area contributed by atoms with Crippen LogP contribution in [0.25, 0.3) is 0 Å². The Morgan fingerprint density at radius 3 is 2.70 bits per heavy atom. The molecule has 4 heteroatoms. The maximum atomic E-state index is 11.1. The van der Waals surface area contributed by atoms with Gasteiger partial charge in [0.05, 0.1) is 6.42 Å². The summed E-state index contributed by atoms with van der Waals surface area (Å²) in [6.07, 6.45) is 3.11. The third-order valence-corrected chi connectivity index (χ3v) is 4.02. The SMILES string of the molecule is CCCCN(C)C(CC(=O)O)Cc1ccc(Cl)c(C)c1. The van der Waals surface area contributed by atoms with Crippen molar-refractivity contribution in [3.63, 3.8) is 0 Å². The molecule has 1 aromatic rings. The van der Waals surface area contributed by atoms with Gasteiger partial charge in [-0.1, -0.05) is 37.1 Å². The second-order valence-electron chi connectivity index (χ2n) is 5.37. The largest absolute Gasteiger partial charge is 0.481 e. The number of carbonyl (C=O) groups is 1. The zero-order valence-electron chi connectivity index (χ0n) is 12.5. The van der Waals surface area contributed by atoms with Crippen molar-refractivity contribution in [1.82, 2.24) is 4.90 Å². The van der Waals surface area contributed by atoms with Crippen molar-refractivity contribution >= 4 is 17.6 Å². The Balaban J connectivity index is 2.77. The highest BCUT2D eigenvalue weighted by Crippen LogP contribution is 2.19. The van der Waals surface area contributed by atoms with E-state index in [0.717, 1.165) is 42.0 Å². The van der Waals surface area contributed by atoms with E-state index >= 15 is 0 Å². The number of nitrogens with zero attached hydrogens (tertiary/aromatic N) is 1. The number of rotatable bonds is 8. The van der Waals surface area contributed by atoms with Gasteiger partial charge >= 0.3 is 5.97 Å². The summed E-state index contributed by atoms with van der Waals surface area (Å²) in [5.41, 5.74) is 2.18. The summed E-state index contributed by atoms with van der Waals surface area (Å²) in [6.45, 7) is 5.04. The van der Waals surface area contributed by atoms with Crippen molar-refractivity contribution in [2.75, 3.05) is 13.6 Å². The van der Waals surface area contributed by atoms with Crippen LogP contribution < -0.4 is 0 Å². The predicted molar refractivity (Wildman–Crippen MR) is 83.5 cm³/mol. The van der Waals surface area contributed by atoms with Gasteiger partial charge in [-0.05, 0) is 50.6 Å². The summed E-state index contributed by atoms with van der Waals surface area (Å²) in [6, 6.07) is 5.94. The van der Waals surface area contributed by atoms with Crippen molar-refractivity contribution < 1.29 is 9.90 Å². The van der Waals surface area contributed by atoms with E-state index in [1.54, 1.807) is 0 Å². The van der Waals surface area contributed by atoms with Gasteiger partial charge in [-0.25, -0.2) is 0 Å². The molecule has 1 rings (SSSR count). The molecule has 0 saturated heterocycles. The number of unbranched alkanes of at least 4 members (excludes halogenated alkanes) is 1. The van der Waals surface area contributed by atoms with Gasteiger partial charge in [-0.2, -0.15) is 0 Å². The van der Waals surface area contributed by atoms with Gasteiger partial charge in [-0.15, -0.1) is 0 Å². The van der Waals surface area contributed by atoms with Crippen LogP contribution in [0.3, 0.4) is 0 Å². The number of aryl methyl sites for hydroxylation is 1. The molecule has 1 unspecified atom stereocenters. The first-order valence-corrected chi connectivity index (χ1v) is 7.49. The van der Waals surface area contributed by atoms with Gasteiger partial charge in [0.2, 0.25) is 0 Å². The summed E-state index contributed by atoms with van der Waals surface area (Å²) in [5.74, 6) is -0.746. The summed E-state index contributed by atoms with van der Waals surface area (Å²) in [7, 11) is 2.01. The molecule has 0 fully saturated rings. The number of benzene rings is 1. The van der Waals surface area contributed by atoms with Crippen LogP contribution in [0, 0.1) is 6.92 Å². The topological polar surface area (TPSA) is 40.5 Å². The third-order valence-electron chi connectivity index (χ3n) is 3.59. The molecule has 0 spiro atoms. The molecule has 0 aromatic heterocycles. The molecule has 0 aliphatic heterocycles. The Kier molecular flexibility index (Phi) is 7.03. The summed E-state index contributed by atoms with van der Waals surface area (Å²) in [5, 5.41) is 9.84. The molecule has 1 aromatic carbocycles. The number of hydrogen-bond acceptors (Lipinski definition) is 2. The van der Waals surface area contributed by atoms with Crippen molar-refractivity contribution in [1.29, 1.82) is 0 Å². The maximum absolute atomic E-state index is 11.1. The average Bonchev–Trinajstić information content (AvgIpc) is 2.39. The van der Waals surface area contributed by atoms with E-state index in [-0.39, 0.29) is 12.5 Å². The van der Waals surface area contributed by atoms with Gasteiger partial charge in [0.25, 0.3) is 0 Å². The van der Waals surface area contributed by atoms with Gasteiger partial charge in [0.15, 0.2) is 0 Å². The van der Waals surface area contributed by atoms with Gasteiger partial charge in [-0.3, -0.25) is 4.79 Å². The molecule has 0 heterocycles. The highest BCUT2D eigenvalue weighted by molar-refractivity contribution is 6.31. The lowest BCUT2D eigenvalue weighted by atomic mass is 10.0. The zero-order chi connectivity index (χ0) is 15.1. The van der Waals surface area contributed by atoms with Crippen LogP contribution in [0.2, 0.25) is 5.02 Å². The zero-order valence-corrected chi connectivity index (χ0v) is 13.3. The van der Waals surface area contributed by atoms with Crippen LogP contribution in [-0.4, -0.2) is 35.6 Å². The van der Waals surface area contributed by atoms with Crippen molar-refractivity contribution in [2.45, 2.75) is 45.6 Å². The average molecular weight is 298 g/mol. The number of carboxylic acids is 1. The lowest BCUT2D eigenvalue weighted by Gasteiger charge is -2.27. The molecule has 0 aliphatic carbocycles.